The van der Waals surface area contributed by atoms with Crippen molar-refractivity contribution in [3.8, 4) is 0 Å². The minimum Gasteiger partial charge on any atom is -0.394 e. The van der Waals surface area contributed by atoms with E-state index in [0.29, 0.717) is 17.7 Å². The van der Waals surface area contributed by atoms with Crippen molar-refractivity contribution in [2.45, 2.75) is 26.3 Å². The summed E-state index contributed by atoms with van der Waals surface area (Å²) in [5.41, 5.74) is 0.685. The maximum absolute atomic E-state index is 11.9. The quantitative estimate of drug-likeness (QED) is 0.698. The van der Waals surface area contributed by atoms with Gasteiger partial charge in [-0.25, -0.2) is 8.42 Å². The lowest BCUT2D eigenvalue weighted by atomic mass is 10.2. The normalized spacial score (nSPS) is 12.8. The Balaban J connectivity index is 2.83. The first-order valence-corrected chi connectivity index (χ1v) is 8.05. The van der Waals surface area contributed by atoms with Gasteiger partial charge < -0.3 is 10.4 Å². The molecule has 1 amide bonds. The van der Waals surface area contributed by atoms with Crippen LogP contribution in [-0.2, 0) is 10.0 Å². The average Bonchev–Trinajstić information content (AvgIpc) is 2.38. The molecule has 0 radical (unpaired) electrons. The van der Waals surface area contributed by atoms with Crippen LogP contribution in [-0.4, -0.2) is 37.8 Å². The maximum atomic E-state index is 11.9. The van der Waals surface area contributed by atoms with E-state index in [1.807, 2.05) is 0 Å². The molecule has 1 aromatic carbocycles. The third-order valence-corrected chi connectivity index (χ3v) is 4.01. The van der Waals surface area contributed by atoms with E-state index >= 15 is 0 Å². The molecule has 0 spiro atoms. The van der Waals surface area contributed by atoms with Crippen molar-refractivity contribution in [1.82, 2.24) is 5.32 Å². The lowest BCUT2D eigenvalue weighted by Gasteiger charge is -2.12. The van der Waals surface area contributed by atoms with Crippen molar-refractivity contribution in [2.24, 2.45) is 0 Å². The Bertz CT molecular complexity index is 557. The van der Waals surface area contributed by atoms with E-state index in [4.69, 9.17) is 5.11 Å². The van der Waals surface area contributed by atoms with E-state index in [2.05, 4.69) is 10.0 Å². The zero-order chi connectivity index (χ0) is 15.2. The summed E-state index contributed by atoms with van der Waals surface area (Å²) >= 11 is 0. The fraction of sp³-hybridized carbons (Fsp3) is 0.462. The predicted molar refractivity (Wildman–Crippen MR) is 78.2 cm³/mol. The highest BCUT2D eigenvalue weighted by atomic mass is 32.2. The van der Waals surface area contributed by atoms with Gasteiger partial charge in [0.15, 0.2) is 0 Å². The van der Waals surface area contributed by atoms with Gasteiger partial charge in [0, 0.05) is 17.3 Å². The van der Waals surface area contributed by atoms with Crippen molar-refractivity contribution in [2.75, 3.05) is 17.1 Å². The van der Waals surface area contributed by atoms with Crippen molar-refractivity contribution < 1.29 is 18.3 Å². The molecule has 0 bridgehead atoms. The number of sulfonamides is 1. The molecular weight excluding hydrogens is 280 g/mol. The Kier molecular flexibility index (Phi) is 5.97. The van der Waals surface area contributed by atoms with Crippen LogP contribution in [0.2, 0.25) is 0 Å². The zero-order valence-corrected chi connectivity index (χ0v) is 12.4. The van der Waals surface area contributed by atoms with Gasteiger partial charge in [0.2, 0.25) is 10.0 Å². The fourth-order valence-electron chi connectivity index (χ4n) is 1.58. The monoisotopic (exact) mass is 300 g/mol. The lowest BCUT2D eigenvalue weighted by Crippen LogP contribution is -2.35. The molecule has 0 aromatic heterocycles. The van der Waals surface area contributed by atoms with Gasteiger partial charge in [-0.3, -0.25) is 9.52 Å². The summed E-state index contributed by atoms with van der Waals surface area (Å²) in [6.45, 7) is 3.29. The molecule has 0 heterocycles. The summed E-state index contributed by atoms with van der Waals surface area (Å²) < 4.78 is 25.7. The van der Waals surface area contributed by atoms with Crippen LogP contribution < -0.4 is 10.0 Å². The van der Waals surface area contributed by atoms with Gasteiger partial charge in [-0.05, 0) is 31.5 Å². The third kappa shape index (κ3) is 5.18. The van der Waals surface area contributed by atoms with Crippen molar-refractivity contribution in [3.63, 3.8) is 0 Å². The minimum absolute atomic E-state index is 0.0327. The Morgan fingerprint density at radius 3 is 2.70 bits per heavy atom. The minimum atomic E-state index is -3.38. The second-order valence-electron chi connectivity index (χ2n) is 4.56. The average molecular weight is 300 g/mol. The lowest BCUT2D eigenvalue weighted by molar-refractivity contribution is 0.0922. The molecule has 0 unspecified atom stereocenters. The molecular formula is C13H20N2O4S. The number of hydrogen-bond donors (Lipinski definition) is 3. The van der Waals surface area contributed by atoms with Gasteiger partial charge >= 0.3 is 0 Å². The molecule has 3 N–H and O–H groups in total. The van der Waals surface area contributed by atoms with Crippen LogP contribution in [0.4, 0.5) is 5.69 Å². The van der Waals surface area contributed by atoms with Gasteiger partial charge in [0.1, 0.15) is 0 Å². The standard InChI is InChI=1S/C13H20N2O4S/c1-3-7-20(18,19)15-12-6-4-5-11(8-12)13(17)14-10(2)9-16/h4-6,8,10,15-16H,3,7,9H2,1-2H3,(H,14,17)/t10-/m1/s1. The predicted octanol–water partition coefficient (Wildman–Crippen LogP) is 0.949. The second kappa shape index (κ2) is 7.25. The summed E-state index contributed by atoms with van der Waals surface area (Å²) in [6.07, 6.45) is 0.517. The van der Waals surface area contributed by atoms with Crippen LogP contribution in [0, 0.1) is 0 Å². The molecule has 1 aromatic rings. The molecule has 0 aliphatic rings. The molecule has 1 atom stereocenters. The summed E-state index contributed by atoms with van der Waals surface area (Å²) in [5.74, 6) is -0.326. The maximum Gasteiger partial charge on any atom is 0.251 e. The molecule has 7 heteroatoms. The summed E-state index contributed by atoms with van der Waals surface area (Å²) in [7, 11) is -3.38. The van der Waals surface area contributed by atoms with E-state index in [0.717, 1.165) is 0 Å². The number of benzene rings is 1. The van der Waals surface area contributed by atoms with Crippen LogP contribution in [0.3, 0.4) is 0 Å². The smallest absolute Gasteiger partial charge is 0.251 e. The van der Waals surface area contributed by atoms with Gasteiger partial charge in [0.05, 0.1) is 12.4 Å². The Morgan fingerprint density at radius 1 is 1.40 bits per heavy atom. The van der Waals surface area contributed by atoms with Crippen molar-refractivity contribution in [1.29, 1.82) is 0 Å². The SMILES string of the molecule is CCCS(=O)(=O)Nc1cccc(C(=O)N[C@H](C)CO)c1. The number of nitrogens with one attached hydrogen (secondary N) is 2. The van der Waals surface area contributed by atoms with Crippen LogP contribution in [0.1, 0.15) is 30.6 Å². The van der Waals surface area contributed by atoms with E-state index in [1.165, 1.54) is 6.07 Å². The Morgan fingerprint density at radius 2 is 2.10 bits per heavy atom. The number of anilines is 1. The molecule has 0 fully saturated rings. The van der Waals surface area contributed by atoms with Crippen molar-refractivity contribution >= 4 is 21.6 Å². The number of carbonyl (C=O) groups excluding carboxylic acids is 1. The first kappa shape index (κ1) is 16.5. The van der Waals surface area contributed by atoms with Gasteiger partial charge in [0.25, 0.3) is 5.91 Å². The van der Waals surface area contributed by atoms with Gasteiger partial charge in [-0.2, -0.15) is 0 Å². The fourth-order valence-corrected chi connectivity index (χ4v) is 2.70. The molecule has 6 nitrogen and oxygen atoms in total. The van der Waals surface area contributed by atoms with E-state index < -0.39 is 10.0 Å². The summed E-state index contributed by atoms with van der Waals surface area (Å²) in [6, 6.07) is 5.87. The molecule has 0 aliphatic carbocycles. The van der Waals surface area contributed by atoms with Crippen molar-refractivity contribution in [3.05, 3.63) is 29.8 Å². The van der Waals surface area contributed by atoms with E-state index in [-0.39, 0.29) is 24.3 Å². The number of rotatable bonds is 7. The van der Waals surface area contributed by atoms with Gasteiger partial charge in [-0.1, -0.05) is 13.0 Å². The van der Waals surface area contributed by atoms with Crippen LogP contribution >= 0.6 is 0 Å². The molecule has 1 rings (SSSR count). The zero-order valence-electron chi connectivity index (χ0n) is 11.6. The molecule has 20 heavy (non-hydrogen) atoms. The number of amides is 1. The Hall–Kier alpha value is -1.60. The number of carbonyl (C=O) groups is 1. The van der Waals surface area contributed by atoms with Crippen LogP contribution in [0.15, 0.2) is 24.3 Å². The molecule has 0 aliphatic heterocycles. The Labute approximate surface area is 119 Å². The number of hydrogen-bond acceptors (Lipinski definition) is 4. The summed E-state index contributed by atoms with van der Waals surface area (Å²) in [5, 5.41) is 11.5. The molecule has 112 valence electrons. The van der Waals surface area contributed by atoms with Crippen LogP contribution in [0.5, 0.6) is 0 Å². The van der Waals surface area contributed by atoms with Gasteiger partial charge in [-0.15, -0.1) is 0 Å². The topological polar surface area (TPSA) is 95.5 Å². The molecule has 0 saturated heterocycles. The van der Waals surface area contributed by atoms with E-state index in [1.54, 1.807) is 32.0 Å². The third-order valence-electron chi connectivity index (χ3n) is 2.52. The number of aliphatic hydroxyl groups is 1. The first-order chi connectivity index (χ1) is 9.38. The molecule has 0 saturated carbocycles. The highest BCUT2D eigenvalue weighted by Gasteiger charge is 2.12. The van der Waals surface area contributed by atoms with Crippen LogP contribution in [0.25, 0.3) is 0 Å². The highest BCUT2D eigenvalue weighted by Crippen LogP contribution is 2.13. The van der Waals surface area contributed by atoms with E-state index in [9.17, 15) is 13.2 Å². The highest BCUT2D eigenvalue weighted by molar-refractivity contribution is 7.92. The number of aliphatic hydroxyl groups excluding tert-OH is 1. The second-order valence-corrected chi connectivity index (χ2v) is 6.40. The first-order valence-electron chi connectivity index (χ1n) is 6.40. The summed E-state index contributed by atoms with van der Waals surface area (Å²) in [4.78, 5) is 11.9. The largest absolute Gasteiger partial charge is 0.394 e.